The third-order valence-corrected chi connectivity index (χ3v) is 2.47. The zero-order valence-electron chi connectivity index (χ0n) is 9.58. The highest BCUT2D eigenvalue weighted by atomic mass is 16.3. The number of nitrogens with one attached hydrogen (secondary N) is 1. The Morgan fingerprint density at radius 1 is 1.31 bits per heavy atom. The summed E-state index contributed by atoms with van der Waals surface area (Å²) in [6, 6.07) is 3.05. The fourth-order valence-electron chi connectivity index (χ4n) is 1.46. The average Bonchev–Trinajstić information content (AvgIpc) is 2.25. The van der Waals surface area contributed by atoms with Gasteiger partial charge in [-0.25, -0.2) is 0 Å². The molecule has 0 fully saturated rings. The van der Waals surface area contributed by atoms with Crippen molar-refractivity contribution in [1.82, 2.24) is 5.32 Å². The molecule has 4 heteroatoms. The van der Waals surface area contributed by atoms with Crippen LogP contribution >= 0.6 is 0 Å². The molecule has 0 aromatic heterocycles. The van der Waals surface area contributed by atoms with Gasteiger partial charge in [-0.05, 0) is 36.6 Å². The lowest BCUT2D eigenvalue weighted by Crippen LogP contribution is -2.24. The van der Waals surface area contributed by atoms with Crippen LogP contribution in [0.5, 0.6) is 11.5 Å². The molecule has 0 spiro atoms. The summed E-state index contributed by atoms with van der Waals surface area (Å²) in [6.45, 7) is 4.20. The van der Waals surface area contributed by atoms with E-state index in [9.17, 15) is 15.0 Å². The van der Waals surface area contributed by atoms with Gasteiger partial charge in [0.2, 0.25) is 5.91 Å². The van der Waals surface area contributed by atoms with Crippen LogP contribution in [0.25, 0.3) is 0 Å². The Bertz CT molecular complexity index is 388. The molecule has 0 heterocycles. The number of hydrogen-bond donors (Lipinski definition) is 3. The van der Waals surface area contributed by atoms with E-state index in [-0.39, 0.29) is 17.4 Å². The summed E-state index contributed by atoms with van der Waals surface area (Å²) in [7, 11) is 0. The van der Waals surface area contributed by atoms with Crippen LogP contribution in [0, 0.1) is 6.92 Å². The van der Waals surface area contributed by atoms with Crippen molar-refractivity contribution >= 4 is 5.91 Å². The van der Waals surface area contributed by atoms with E-state index in [1.54, 1.807) is 6.92 Å². The molecule has 88 valence electrons. The van der Waals surface area contributed by atoms with E-state index in [1.165, 1.54) is 12.1 Å². The van der Waals surface area contributed by atoms with E-state index in [0.29, 0.717) is 19.4 Å². The zero-order valence-corrected chi connectivity index (χ0v) is 9.58. The van der Waals surface area contributed by atoms with Gasteiger partial charge in [-0.1, -0.05) is 6.92 Å². The van der Waals surface area contributed by atoms with Gasteiger partial charge in [-0.3, -0.25) is 4.79 Å². The van der Waals surface area contributed by atoms with Crippen LogP contribution in [0.4, 0.5) is 0 Å². The van der Waals surface area contributed by atoms with Gasteiger partial charge in [0.05, 0.1) is 0 Å². The van der Waals surface area contributed by atoms with Gasteiger partial charge in [-0.15, -0.1) is 0 Å². The van der Waals surface area contributed by atoms with E-state index in [0.717, 1.165) is 11.1 Å². The van der Waals surface area contributed by atoms with Crippen molar-refractivity contribution in [2.45, 2.75) is 26.7 Å². The van der Waals surface area contributed by atoms with E-state index in [1.807, 2.05) is 6.92 Å². The van der Waals surface area contributed by atoms with Crippen LogP contribution in [0.1, 0.15) is 24.5 Å². The second-order valence-electron chi connectivity index (χ2n) is 3.72. The Hall–Kier alpha value is -1.71. The number of carbonyl (C=O) groups excluding carboxylic acids is 1. The molecule has 0 aliphatic heterocycles. The highest BCUT2D eigenvalue weighted by molar-refractivity contribution is 5.75. The minimum atomic E-state index is -0.123. The topological polar surface area (TPSA) is 69.6 Å². The Morgan fingerprint density at radius 2 is 1.94 bits per heavy atom. The first kappa shape index (κ1) is 12.4. The van der Waals surface area contributed by atoms with Crippen LogP contribution in [0.3, 0.4) is 0 Å². The lowest BCUT2D eigenvalue weighted by Gasteiger charge is -2.08. The highest BCUT2D eigenvalue weighted by Crippen LogP contribution is 2.27. The molecule has 0 atom stereocenters. The minimum Gasteiger partial charge on any atom is -0.504 e. The van der Waals surface area contributed by atoms with E-state index in [4.69, 9.17) is 0 Å². The third kappa shape index (κ3) is 3.15. The highest BCUT2D eigenvalue weighted by Gasteiger charge is 2.05. The molecule has 0 bridgehead atoms. The SMILES string of the molecule is CCC(=O)NCCc1cc(O)c(O)cc1C. The molecule has 1 aromatic carbocycles. The fraction of sp³-hybridized carbons (Fsp3) is 0.417. The van der Waals surface area contributed by atoms with E-state index >= 15 is 0 Å². The lowest BCUT2D eigenvalue weighted by atomic mass is 10.0. The van der Waals surface area contributed by atoms with Gasteiger partial charge in [0.15, 0.2) is 11.5 Å². The Morgan fingerprint density at radius 3 is 2.56 bits per heavy atom. The molecule has 0 radical (unpaired) electrons. The Kier molecular flexibility index (Phi) is 4.17. The first-order chi connectivity index (χ1) is 7.54. The van der Waals surface area contributed by atoms with Gasteiger partial charge in [0, 0.05) is 13.0 Å². The predicted octanol–water partition coefficient (Wildman–Crippen LogP) is 1.47. The van der Waals surface area contributed by atoms with Crippen LogP contribution in [0.15, 0.2) is 12.1 Å². The van der Waals surface area contributed by atoms with Gasteiger partial charge in [0.1, 0.15) is 0 Å². The van der Waals surface area contributed by atoms with Gasteiger partial charge < -0.3 is 15.5 Å². The molecular formula is C12H17NO3. The summed E-state index contributed by atoms with van der Waals surface area (Å²) in [6.07, 6.45) is 1.12. The monoisotopic (exact) mass is 223 g/mol. The molecule has 4 nitrogen and oxygen atoms in total. The number of hydrogen-bond acceptors (Lipinski definition) is 3. The van der Waals surface area contributed by atoms with E-state index in [2.05, 4.69) is 5.32 Å². The smallest absolute Gasteiger partial charge is 0.219 e. The predicted molar refractivity (Wildman–Crippen MR) is 61.5 cm³/mol. The van der Waals surface area contributed by atoms with Crippen LogP contribution in [-0.4, -0.2) is 22.7 Å². The van der Waals surface area contributed by atoms with Crippen molar-refractivity contribution in [3.63, 3.8) is 0 Å². The molecule has 0 aliphatic rings. The summed E-state index contributed by atoms with van der Waals surface area (Å²) in [5.41, 5.74) is 1.83. The molecule has 0 unspecified atom stereocenters. The van der Waals surface area contributed by atoms with Gasteiger partial charge in [-0.2, -0.15) is 0 Å². The average molecular weight is 223 g/mol. The molecule has 0 saturated carbocycles. The molecule has 1 amide bonds. The molecule has 3 N–H and O–H groups in total. The van der Waals surface area contributed by atoms with Gasteiger partial charge >= 0.3 is 0 Å². The Labute approximate surface area is 94.9 Å². The number of phenols is 2. The summed E-state index contributed by atoms with van der Waals surface area (Å²) >= 11 is 0. The normalized spacial score (nSPS) is 10.1. The third-order valence-electron chi connectivity index (χ3n) is 2.47. The number of amides is 1. The second kappa shape index (κ2) is 5.39. The minimum absolute atomic E-state index is 0.0145. The van der Waals surface area contributed by atoms with Crippen molar-refractivity contribution in [2.24, 2.45) is 0 Å². The number of aryl methyl sites for hydroxylation is 1. The molecular weight excluding hydrogens is 206 g/mol. The summed E-state index contributed by atoms with van der Waals surface area (Å²) in [5, 5.41) is 21.4. The molecule has 1 rings (SSSR count). The Balaban J connectivity index is 2.60. The molecule has 0 aliphatic carbocycles. The maximum Gasteiger partial charge on any atom is 0.219 e. The molecule has 16 heavy (non-hydrogen) atoms. The van der Waals surface area contributed by atoms with Crippen LogP contribution in [0.2, 0.25) is 0 Å². The van der Waals surface area contributed by atoms with Crippen molar-refractivity contribution in [1.29, 1.82) is 0 Å². The molecule has 1 aromatic rings. The summed E-state index contributed by atoms with van der Waals surface area (Å²) in [4.78, 5) is 11.0. The van der Waals surface area contributed by atoms with Crippen molar-refractivity contribution in [3.8, 4) is 11.5 Å². The number of benzene rings is 1. The summed E-state index contributed by atoms with van der Waals surface area (Å²) < 4.78 is 0. The van der Waals surface area contributed by atoms with E-state index < -0.39 is 0 Å². The maximum absolute atomic E-state index is 11.0. The van der Waals surface area contributed by atoms with Crippen LogP contribution in [-0.2, 0) is 11.2 Å². The summed E-state index contributed by atoms with van der Waals surface area (Å²) in [5.74, 6) is -0.220. The van der Waals surface area contributed by atoms with Crippen molar-refractivity contribution in [3.05, 3.63) is 23.3 Å². The zero-order chi connectivity index (χ0) is 12.1. The largest absolute Gasteiger partial charge is 0.504 e. The first-order valence-electron chi connectivity index (χ1n) is 5.32. The standard InChI is InChI=1S/C12H17NO3/c1-3-12(16)13-5-4-9-7-11(15)10(14)6-8(9)2/h6-7,14-15H,3-5H2,1-2H3,(H,13,16). The number of aromatic hydroxyl groups is 2. The quantitative estimate of drug-likeness (QED) is 0.677. The maximum atomic E-state index is 11.0. The van der Waals surface area contributed by atoms with Gasteiger partial charge in [0.25, 0.3) is 0 Å². The number of carbonyl (C=O) groups is 1. The lowest BCUT2D eigenvalue weighted by molar-refractivity contribution is -0.120. The fourth-order valence-corrected chi connectivity index (χ4v) is 1.46. The van der Waals surface area contributed by atoms with Crippen molar-refractivity contribution < 1.29 is 15.0 Å². The second-order valence-corrected chi connectivity index (χ2v) is 3.72. The molecule has 0 saturated heterocycles. The first-order valence-corrected chi connectivity index (χ1v) is 5.32. The number of phenolic OH excluding ortho intramolecular Hbond substituents is 2. The van der Waals surface area contributed by atoms with Crippen LogP contribution < -0.4 is 5.32 Å². The number of rotatable bonds is 4. The van der Waals surface area contributed by atoms with Crippen molar-refractivity contribution in [2.75, 3.05) is 6.54 Å².